The molecule has 3 N–H and O–H groups in total. The first-order valence-electron chi connectivity index (χ1n) is 8.67. The smallest absolute Gasteiger partial charge is 0.271 e. The summed E-state index contributed by atoms with van der Waals surface area (Å²) in [6, 6.07) is 13.8. The number of rotatable bonds is 6. The molecule has 0 aliphatic heterocycles. The summed E-state index contributed by atoms with van der Waals surface area (Å²) in [5.74, 6) is -0.975. The Hall–Kier alpha value is -2.69. The number of hydrazine groups is 1. The molecular weight excluding hydrogens is 460 g/mol. The van der Waals surface area contributed by atoms with Gasteiger partial charge in [0.2, 0.25) is 15.9 Å². The Morgan fingerprint density at radius 1 is 1.03 bits per heavy atom. The summed E-state index contributed by atoms with van der Waals surface area (Å²) in [5, 5.41) is 0.767. The highest BCUT2D eigenvalue weighted by Crippen LogP contribution is 2.21. The number of aromatic nitrogens is 1. The number of fused-ring (bicyclic) bond motifs is 1. The van der Waals surface area contributed by atoms with Crippen LogP contribution in [0.1, 0.15) is 16.8 Å². The third kappa shape index (κ3) is 4.84. The highest BCUT2D eigenvalue weighted by Gasteiger charge is 2.18. The summed E-state index contributed by atoms with van der Waals surface area (Å²) < 4.78 is 29.1. The molecule has 0 spiro atoms. The lowest BCUT2D eigenvalue weighted by Gasteiger charge is -2.09. The van der Waals surface area contributed by atoms with Crippen LogP contribution in [0.4, 0.5) is 0 Å². The maximum Gasteiger partial charge on any atom is 0.271 e. The van der Waals surface area contributed by atoms with E-state index in [4.69, 9.17) is 0 Å². The summed E-state index contributed by atoms with van der Waals surface area (Å²) in [5.41, 5.74) is 5.98. The lowest BCUT2D eigenvalue weighted by Crippen LogP contribution is -2.42. The highest BCUT2D eigenvalue weighted by atomic mass is 79.9. The van der Waals surface area contributed by atoms with Crippen LogP contribution in [-0.4, -0.2) is 31.3 Å². The second kappa shape index (κ2) is 8.76. The van der Waals surface area contributed by atoms with Gasteiger partial charge in [0, 0.05) is 41.6 Å². The van der Waals surface area contributed by atoms with E-state index in [2.05, 4.69) is 31.5 Å². The number of carbonyl (C=O) groups is 2. The molecule has 0 aliphatic rings. The first-order chi connectivity index (χ1) is 13.8. The number of carbonyl (C=O) groups excluding carboxylic acids is 2. The number of para-hydroxylation sites is 1. The topological polar surface area (TPSA) is 109 Å². The van der Waals surface area contributed by atoms with Gasteiger partial charge in [0.1, 0.15) is 0 Å². The average Bonchev–Trinajstić information content (AvgIpc) is 3.03. The van der Waals surface area contributed by atoms with E-state index in [1.54, 1.807) is 24.4 Å². The number of sulfonamides is 1. The number of aryl methyl sites for hydroxylation is 1. The molecule has 2 amide bonds. The van der Waals surface area contributed by atoms with E-state index in [1.807, 2.05) is 35.9 Å². The maximum atomic E-state index is 12.4. The Morgan fingerprint density at radius 2 is 1.72 bits per heavy atom. The van der Waals surface area contributed by atoms with Crippen molar-refractivity contribution < 1.29 is 18.0 Å². The Kier molecular flexibility index (Phi) is 6.36. The molecule has 2 aromatic carbocycles. The quantitative estimate of drug-likeness (QED) is 0.471. The van der Waals surface area contributed by atoms with Crippen LogP contribution in [0.15, 0.2) is 64.1 Å². The van der Waals surface area contributed by atoms with Gasteiger partial charge in [-0.2, -0.15) is 0 Å². The molecule has 29 heavy (non-hydrogen) atoms. The van der Waals surface area contributed by atoms with Crippen molar-refractivity contribution >= 4 is 48.7 Å². The molecule has 0 fully saturated rings. The number of halogens is 1. The third-order valence-electron chi connectivity index (χ3n) is 4.23. The minimum atomic E-state index is -3.75. The largest absolute Gasteiger partial charge is 0.350 e. The molecule has 0 atom stereocenters. The zero-order valence-corrected chi connectivity index (χ0v) is 17.9. The van der Waals surface area contributed by atoms with Gasteiger partial charge >= 0.3 is 0 Å². The molecule has 1 heterocycles. The zero-order valence-electron chi connectivity index (χ0n) is 15.5. The normalized spacial score (nSPS) is 11.4. The van der Waals surface area contributed by atoms with Crippen molar-refractivity contribution in [3.63, 3.8) is 0 Å². The van der Waals surface area contributed by atoms with Crippen LogP contribution >= 0.6 is 15.9 Å². The van der Waals surface area contributed by atoms with Crippen molar-refractivity contribution in [3.05, 3.63) is 64.8 Å². The second-order valence-electron chi connectivity index (χ2n) is 6.25. The van der Waals surface area contributed by atoms with E-state index in [9.17, 15) is 18.0 Å². The Balaban J connectivity index is 1.52. The van der Waals surface area contributed by atoms with Crippen LogP contribution in [0.2, 0.25) is 0 Å². The minimum Gasteiger partial charge on any atom is -0.350 e. The molecule has 3 rings (SSSR count). The van der Waals surface area contributed by atoms with Gasteiger partial charge in [-0.1, -0.05) is 30.3 Å². The lowest BCUT2D eigenvalue weighted by molar-refractivity contribution is -0.121. The van der Waals surface area contributed by atoms with E-state index >= 15 is 0 Å². The molecule has 8 nitrogen and oxygen atoms in total. The van der Waals surface area contributed by atoms with E-state index in [1.165, 1.54) is 6.07 Å². The molecule has 1 aromatic heterocycles. The molecule has 10 heteroatoms. The number of hydrogen-bond donors (Lipinski definition) is 3. The van der Waals surface area contributed by atoms with Crippen molar-refractivity contribution in [2.45, 2.75) is 11.3 Å². The van der Waals surface area contributed by atoms with Crippen LogP contribution in [0.3, 0.4) is 0 Å². The van der Waals surface area contributed by atoms with Crippen LogP contribution in [0.5, 0.6) is 0 Å². The van der Waals surface area contributed by atoms with E-state index < -0.39 is 21.8 Å². The van der Waals surface area contributed by atoms with Gasteiger partial charge in [0.15, 0.2) is 0 Å². The van der Waals surface area contributed by atoms with Gasteiger partial charge in [-0.25, -0.2) is 13.1 Å². The minimum absolute atomic E-state index is 0.0877. The summed E-state index contributed by atoms with van der Waals surface area (Å²) in [4.78, 5) is 24.4. The lowest BCUT2D eigenvalue weighted by atomic mass is 10.2. The number of amides is 2. The molecule has 3 aromatic rings. The summed E-state index contributed by atoms with van der Waals surface area (Å²) >= 11 is 3.19. The predicted octanol–water partition coefficient (Wildman–Crippen LogP) is 2.07. The van der Waals surface area contributed by atoms with E-state index in [-0.39, 0.29) is 17.9 Å². The van der Waals surface area contributed by atoms with Crippen molar-refractivity contribution in [2.24, 2.45) is 7.05 Å². The zero-order chi connectivity index (χ0) is 21.0. The first kappa shape index (κ1) is 21.0. The van der Waals surface area contributed by atoms with Crippen LogP contribution < -0.4 is 15.6 Å². The molecule has 0 radical (unpaired) electrons. The SMILES string of the molecule is Cn1cc(C(=O)NNC(=O)CCNS(=O)(=O)c2ccccc2Br)c2ccccc21. The molecule has 0 bridgehead atoms. The first-order valence-corrected chi connectivity index (χ1v) is 10.9. The van der Waals surface area contributed by atoms with E-state index in [0.717, 1.165) is 10.9 Å². The van der Waals surface area contributed by atoms with Crippen LogP contribution in [0.25, 0.3) is 10.9 Å². The van der Waals surface area contributed by atoms with Gasteiger partial charge in [-0.15, -0.1) is 0 Å². The second-order valence-corrected chi connectivity index (χ2v) is 8.84. The van der Waals surface area contributed by atoms with Gasteiger partial charge in [0.25, 0.3) is 5.91 Å². The molecule has 0 saturated carbocycles. The monoisotopic (exact) mass is 478 g/mol. The van der Waals surface area contributed by atoms with Gasteiger partial charge in [0.05, 0.1) is 10.5 Å². The number of hydrogen-bond acceptors (Lipinski definition) is 4. The Labute approximate surface area is 176 Å². The van der Waals surface area contributed by atoms with Crippen molar-refractivity contribution in [1.29, 1.82) is 0 Å². The summed E-state index contributed by atoms with van der Waals surface area (Å²) in [6.07, 6.45) is 1.54. The molecule has 0 saturated heterocycles. The molecular formula is C19H19BrN4O4S. The summed E-state index contributed by atoms with van der Waals surface area (Å²) in [7, 11) is -1.92. The fourth-order valence-corrected chi connectivity index (χ4v) is 4.85. The highest BCUT2D eigenvalue weighted by molar-refractivity contribution is 9.10. The van der Waals surface area contributed by atoms with Crippen LogP contribution in [0, 0.1) is 0 Å². The molecule has 0 unspecified atom stereocenters. The van der Waals surface area contributed by atoms with Gasteiger partial charge in [-0.3, -0.25) is 20.4 Å². The third-order valence-corrected chi connectivity index (χ3v) is 6.70. The molecule has 152 valence electrons. The number of benzene rings is 2. The summed E-state index contributed by atoms with van der Waals surface area (Å²) in [6.45, 7) is -0.111. The number of nitrogens with one attached hydrogen (secondary N) is 3. The average molecular weight is 479 g/mol. The van der Waals surface area contributed by atoms with Crippen LogP contribution in [-0.2, 0) is 21.9 Å². The van der Waals surface area contributed by atoms with Crippen molar-refractivity contribution in [1.82, 2.24) is 20.1 Å². The van der Waals surface area contributed by atoms with Crippen molar-refractivity contribution in [3.8, 4) is 0 Å². The maximum absolute atomic E-state index is 12.4. The Bertz CT molecular complexity index is 1170. The number of nitrogens with zero attached hydrogens (tertiary/aromatic N) is 1. The van der Waals surface area contributed by atoms with E-state index in [0.29, 0.717) is 10.0 Å². The Morgan fingerprint density at radius 3 is 2.48 bits per heavy atom. The predicted molar refractivity (Wildman–Crippen MR) is 112 cm³/mol. The molecule has 0 aliphatic carbocycles. The fourth-order valence-electron chi connectivity index (χ4n) is 2.82. The standard InChI is InChI=1S/C19H19BrN4O4S/c1-24-12-14(13-6-2-4-8-16(13)24)19(26)23-22-18(25)10-11-21-29(27,28)17-9-5-3-7-15(17)20/h2-9,12,21H,10-11H2,1H3,(H,22,25)(H,23,26). The van der Waals surface area contributed by atoms with Gasteiger partial charge < -0.3 is 4.57 Å². The van der Waals surface area contributed by atoms with Crippen molar-refractivity contribution in [2.75, 3.05) is 6.54 Å². The fraction of sp³-hybridized carbons (Fsp3) is 0.158. The van der Waals surface area contributed by atoms with Gasteiger partial charge in [-0.05, 0) is 34.1 Å².